The van der Waals surface area contributed by atoms with Crippen LogP contribution in [-0.2, 0) is 0 Å². The van der Waals surface area contributed by atoms with Gasteiger partial charge in [0.05, 0.1) is 33.3 Å². The Morgan fingerprint density at radius 2 is 0.925 bits per heavy atom. The Hall–Kier alpha value is -4.71. The van der Waals surface area contributed by atoms with Gasteiger partial charge in [0.15, 0.2) is 0 Å². The first kappa shape index (κ1) is 38.0. The number of thioether (sulfide) groups is 1. The summed E-state index contributed by atoms with van der Waals surface area (Å²) in [7, 11) is 6.60. The van der Waals surface area contributed by atoms with E-state index in [1.165, 1.54) is 0 Å². The highest BCUT2D eigenvalue weighted by Crippen LogP contribution is 2.40. The first-order chi connectivity index (χ1) is 25.8. The van der Waals surface area contributed by atoms with E-state index in [4.69, 9.17) is 18.9 Å². The summed E-state index contributed by atoms with van der Waals surface area (Å²) in [5.41, 5.74) is 5.36. The minimum atomic E-state index is 0.0741. The maximum atomic E-state index is 13.4. The Balaban J connectivity index is 0.914. The van der Waals surface area contributed by atoms with Crippen molar-refractivity contribution in [3.63, 3.8) is 0 Å². The second-order valence-electron chi connectivity index (χ2n) is 13.3. The molecule has 2 saturated heterocycles. The molecule has 0 bridgehead atoms. The van der Waals surface area contributed by atoms with Gasteiger partial charge >= 0.3 is 0 Å². The predicted octanol–water partition coefficient (Wildman–Crippen LogP) is 6.38. The van der Waals surface area contributed by atoms with Gasteiger partial charge in [-0.15, -0.1) is 11.8 Å². The highest BCUT2D eigenvalue weighted by molar-refractivity contribution is 7.98. The molecule has 4 aromatic carbocycles. The van der Waals surface area contributed by atoms with Crippen LogP contribution in [-0.4, -0.2) is 132 Å². The molecule has 2 aliphatic heterocycles. The zero-order chi connectivity index (χ0) is 37.3. The molecule has 0 atom stereocenters. The summed E-state index contributed by atoms with van der Waals surface area (Å²) in [6.45, 7) is 8.39. The minimum Gasteiger partial charge on any atom is -0.497 e. The van der Waals surface area contributed by atoms with Gasteiger partial charge in [-0.3, -0.25) is 19.4 Å². The first-order valence-electron chi connectivity index (χ1n) is 18.1. The van der Waals surface area contributed by atoms with Crippen molar-refractivity contribution in [2.24, 2.45) is 0 Å². The van der Waals surface area contributed by atoms with Gasteiger partial charge in [-0.05, 0) is 96.6 Å². The number of amides is 2. The Morgan fingerprint density at radius 3 is 1.28 bits per heavy atom. The largest absolute Gasteiger partial charge is 0.497 e. The lowest BCUT2D eigenvalue weighted by Gasteiger charge is -2.37. The van der Waals surface area contributed by atoms with E-state index in [9.17, 15) is 9.59 Å². The van der Waals surface area contributed by atoms with Gasteiger partial charge in [0, 0.05) is 69.6 Å². The van der Waals surface area contributed by atoms with Crippen LogP contribution in [0.15, 0.2) is 83.8 Å². The maximum absolute atomic E-state index is 13.4. The van der Waals surface area contributed by atoms with Gasteiger partial charge in [-0.25, -0.2) is 0 Å². The van der Waals surface area contributed by atoms with Crippen molar-refractivity contribution >= 4 is 23.6 Å². The number of carbonyl (C=O) groups is 2. The zero-order valence-electron chi connectivity index (χ0n) is 31.4. The Bertz CT molecular complexity index is 1810. The van der Waals surface area contributed by atoms with Crippen LogP contribution in [0.1, 0.15) is 27.1 Å². The van der Waals surface area contributed by atoms with Crippen molar-refractivity contribution in [1.82, 2.24) is 19.6 Å². The summed E-state index contributed by atoms with van der Waals surface area (Å²) in [5.74, 6) is 3.14. The summed E-state index contributed by atoms with van der Waals surface area (Å²) in [4.78, 5) is 36.5. The number of ether oxygens (including phenoxy) is 4. The molecule has 0 N–H and O–H groups in total. The molecule has 280 valence electrons. The third-order valence-electron chi connectivity index (χ3n) is 10.2. The molecule has 0 aromatic heterocycles. The maximum Gasteiger partial charge on any atom is 0.253 e. The number of hydrogen-bond acceptors (Lipinski definition) is 9. The van der Waals surface area contributed by atoms with E-state index in [0.29, 0.717) is 11.1 Å². The molecule has 6 rings (SSSR count). The van der Waals surface area contributed by atoms with Crippen LogP contribution in [0.5, 0.6) is 23.0 Å². The van der Waals surface area contributed by atoms with Crippen molar-refractivity contribution in [3.05, 3.63) is 90.0 Å². The van der Waals surface area contributed by atoms with Crippen molar-refractivity contribution in [1.29, 1.82) is 0 Å². The smallest absolute Gasteiger partial charge is 0.253 e. The van der Waals surface area contributed by atoms with E-state index >= 15 is 0 Å². The van der Waals surface area contributed by atoms with E-state index in [-0.39, 0.29) is 11.8 Å². The summed E-state index contributed by atoms with van der Waals surface area (Å²) >= 11 is 1.59. The van der Waals surface area contributed by atoms with Crippen LogP contribution in [0.2, 0.25) is 0 Å². The normalized spacial score (nSPS) is 15.3. The third kappa shape index (κ3) is 9.09. The fraction of sp³-hybridized carbons (Fsp3) is 0.381. The van der Waals surface area contributed by atoms with Crippen LogP contribution in [0.25, 0.3) is 22.3 Å². The van der Waals surface area contributed by atoms with Gasteiger partial charge in [-0.1, -0.05) is 24.3 Å². The molecule has 0 spiro atoms. The van der Waals surface area contributed by atoms with Crippen LogP contribution >= 0.6 is 11.8 Å². The van der Waals surface area contributed by atoms with Gasteiger partial charge in [-0.2, -0.15) is 0 Å². The minimum absolute atomic E-state index is 0.0741. The molecule has 0 unspecified atom stereocenters. The van der Waals surface area contributed by atoms with Gasteiger partial charge in [0.1, 0.15) is 23.0 Å². The van der Waals surface area contributed by atoms with E-state index in [1.807, 2.05) is 94.9 Å². The number of carbonyl (C=O) groups excluding carboxylic acids is 2. The fourth-order valence-electron chi connectivity index (χ4n) is 7.06. The number of piperazine rings is 2. The molecule has 2 aliphatic rings. The molecule has 11 heteroatoms. The van der Waals surface area contributed by atoms with Gasteiger partial charge in [0.2, 0.25) is 0 Å². The predicted molar refractivity (Wildman–Crippen MR) is 211 cm³/mol. The molecular formula is C42H50N4O6S. The third-order valence-corrected chi connectivity index (χ3v) is 11.0. The number of methoxy groups -OCH3 is 4. The first-order valence-corrected chi connectivity index (χ1v) is 19.3. The average molecular weight is 739 g/mol. The summed E-state index contributed by atoms with van der Waals surface area (Å²) in [5, 5.41) is 0. The zero-order valence-corrected chi connectivity index (χ0v) is 32.2. The quantitative estimate of drug-likeness (QED) is 0.145. The highest BCUT2D eigenvalue weighted by Gasteiger charge is 2.24. The lowest BCUT2D eigenvalue weighted by Crippen LogP contribution is -2.50. The summed E-state index contributed by atoms with van der Waals surface area (Å²) in [6.07, 6.45) is 3.06. The fourth-order valence-corrected chi connectivity index (χ4v) is 7.75. The molecule has 2 amide bonds. The standard InChI is InChI=1S/C42H50N4O6S/c1-49-36-25-34(26-37(29-36)50-2)30-7-11-32(12-8-30)41(47)45-21-17-43(18-22-45)15-6-16-44-19-23-46(24-20-44)42(48)33-13-9-31(10-14-33)35-27-38(51-3)40(53-5)39(28-35)52-4/h7-14,25-29H,6,15-24H2,1-5H3. The number of nitrogens with zero attached hydrogens (tertiary/aromatic N) is 4. The molecule has 2 fully saturated rings. The number of hydrogen-bond donors (Lipinski definition) is 0. The van der Waals surface area contributed by atoms with E-state index in [2.05, 4.69) is 9.80 Å². The molecule has 0 radical (unpaired) electrons. The van der Waals surface area contributed by atoms with Gasteiger partial charge in [0.25, 0.3) is 11.8 Å². The number of rotatable bonds is 13. The lowest BCUT2D eigenvalue weighted by molar-refractivity contribution is 0.0606. The molecule has 10 nitrogen and oxygen atoms in total. The average Bonchev–Trinajstić information content (AvgIpc) is 3.22. The van der Waals surface area contributed by atoms with Crippen LogP contribution in [0.4, 0.5) is 0 Å². The van der Waals surface area contributed by atoms with Crippen molar-refractivity contribution in [2.45, 2.75) is 11.3 Å². The topological polar surface area (TPSA) is 84.0 Å². The van der Waals surface area contributed by atoms with E-state index < -0.39 is 0 Å². The van der Waals surface area contributed by atoms with E-state index in [0.717, 1.165) is 122 Å². The Kier molecular flexibility index (Phi) is 12.8. The summed E-state index contributed by atoms with van der Waals surface area (Å²) in [6, 6.07) is 25.4. The summed E-state index contributed by atoms with van der Waals surface area (Å²) < 4.78 is 22.0. The second-order valence-corrected chi connectivity index (χ2v) is 14.1. The Labute approximate surface area is 317 Å². The molecule has 53 heavy (non-hydrogen) atoms. The van der Waals surface area contributed by atoms with Crippen LogP contribution in [0, 0.1) is 0 Å². The monoisotopic (exact) mass is 738 g/mol. The molecule has 0 saturated carbocycles. The van der Waals surface area contributed by atoms with E-state index in [1.54, 1.807) is 40.2 Å². The van der Waals surface area contributed by atoms with Crippen molar-refractivity contribution in [3.8, 4) is 45.3 Å². The van der Waals surface area contributed by atoms with Crippen molar-refractivity contribution in [2.75, 3.05) is 100 Å². The molecule has 4 aromatic rings. The lowest BCUT2D eigenvalue weighted by atomic mass is 10.0. The molecular weight excluding hydrogens is 689 g/mol. The van der Waals surface area contributed by atoms with Crippen LogP contribution in [0.3, 0.4) is 0 Å². The molecule has 0 aliphatic carbocycles. The van der Waals surface area contributed by atoms with Crippen molar-refractivity contribution < 1.29 is 28.5 Å². The second kappa shape index (κ2) is 17.9. The SMILES string of the molecule is COc1cc(OC)cc(-c2ccc(C(=O)N3CCN(CCCN4CCN(C(=O)c5ccc(-c6cc(OC)c(SC)c(OC)c6)cc5)CC4)CC3)cc2)c1. The van der Waals surface area contributed by atoms with Gasteiger partial charge < -0.3 is 28.7 Å². The molecule has 2 heterocycles. The van der Waals surface area contributed by atoms with Crippen LogP contribution < -0.4 is 18.9 Å². The highest BCUT2D eigenvalue weighted by atomic mass is 32.2. The number of benzene rings is 4. The Morgan fingerprint density at radius 1 is 0.528 bits per heavy atom.